The van der Waals surface area contributed by atoms with Gasteiger partial charge < -0.3 is 14.8 Å². The molecule has 0 saturated heterocycles. The summed E-state index contributed by atoms with van der Waals surface area (Å²) in [4.78, 5) is 16.5. The fourth-order valence-electron chi connectivity index (χ4n) is 5.60. The van der Waals surface area contributed by atoms with E-state index >= 15 is 0 Å². The Kier molecular flexibility index (Phi) is 9.05. The van der Waals surface area contributed by atoms with Crippen LogP contribution in [-0.4, -0.2) is 19.5 Å². The lowest BCUT2D eigenvalue weighted by atomic mass is 10.00. The standard InChI is InChI=1S/C39H30ClN7S/c1-46-19-18-43-39(46)48-37-13-11-32(22-35(37)40)45-38-31(23-41)24-44-36-21-30(10-12-34(36)38)29-7-5-6-28(20-29)26-47(33-8-3-2-4-9-33)25-27-14-16-42-17-15-27/h2-22,24H,25-26H2,1H3,(H,44,45). The van der Waals surface area contributed by atoms with Gasteiger partial charge in [-0.05, 0) is 76.9 Å². The van der Waals surface area contributed by atoms with Crippen LogP contribution in [0.15, 0.2) is 144 Å². The molecule has 0 saturated carbocycles. The molecule has 0 spiro atoms. The Balaban J connectivity index is 1.15. The Labute approximate surface area is 288 Å². The smallest absolute Gasteiger partial charge is 0.172 e. The van der Waals surface area contributed by atoms with Gasteiger partial charge in [-0.25, -0.2) is 4.98 Å². The number of aromatic nitrogens is 4. The average Bonchev–Trinajstić information content (AvgIpc) is 3.53. The second-order valence-corrected chi connectivity index (χ2v) is 12.7. The molecule has 0 aliphatic carbocycles. The van der Waals surface area contributed by atoms with Gasteiger partial charge in [0, 0.05) is 72.8 Å². The largest absolute Gasteiger partial charge is 0.363 e. The Morgan fingerprint density at radius 3 is 2.42 bits per heavy atom. The first-order valence-electron chi connectivity index (χ1n) is 15.4. The van der Waals surface area contributed by atoms with Crippen molar-refractivity contribution in [1.29, 1.82) is 5.26 Å². The number of benzene rings is 4. The van der Waals surface area contributed by atoms with Gasteiger partial charge in [0.1, 0.15) is 6.07 Å². The van der Waals surface area contributed by atoms with Crippen molar-refractivity contribution in [3.8, 4) is 17.2 Å². The van der Waals surface area contributed by atoms with Gasteiger partial charge in [-0.1, -0.05) is 71.9 Å². The monoisotopic (exact) mass is 663 g/mol. The summed E-state index contributed by atoms with van der Waals surface area (Å²) in [7, 11) is 1.95. The van der Waals surface area contributed by atoms with E-state index in [1.165, 1.54) is 22.9 Å². The second kappa shape index (κ2) is 14.0. The maximum absolute atomic E-state index is 9.96. The molecule has 0 fully saturated rings. The molecule has 0 unspecified atom stereocenters. The van der Waals surface area contributed by atoms with Gasteiger partial charge in [-0.3, -0.25) is 9.97 Å². The molecule has 7 aromatic rings. The molecule has 9 heteroatoms. The van der Waals surface area contributed by atoms with Gasteiger partial charge in [0.05, 0.1) is 21.8 Å². The maximum Gasteiger partial charge on any atom is 0.172 e. The number of nitrogens with one attached hydrogen (secondary N) is 1. The predicted octanol–water partition coefficient (Wildman–Crippen LogP) is 9.66. The van der Waals surface area contributed by atoms with E-state index in [1.807, 2.05) is 60.5 Å². The average molecular weight is 664 g/mol. The molecule has 1 N–H and O–H groups in total. The molecule has 4 aromatic carbocycles. The van der Waals surface area contributed by atoms with Crippen molar-refractivity contribution in [2.24, 2.45) is 7.05 Å². The van der Waals surface area contributed by atoms with Crippen LogP contribution in [0.1, 0.15) is 16.7 Å². The first-order chi connectivity index (χ1) is 23.5. The van der Waals surface area contributed by atoms with E-state index in [0.717, 1.165) is 56.5 Å². The van der Waals surface area contributed by atoms with Gasteiger partial charge in [-0.2, -0.15) is 5.26 Å². The van der Waals surface area contributed by atoms with Gasteiger partial charge in [0.25, 0.3) is 0 Å². The third-order valence-corrected chi connectivity index (χ3v) is 9.62. The third kappa shape index (κ3) is 6.88. The van der Waals surface area contributed by atoms with Crippen molar-refractivity contribution in [1.82, 2.24) is 19.5 Å². The van der Waals surface area contributed by atoms with Gasteiger partial charge >= 0.3 is 0 Å². The molecule has 0 amide bonds. The first-order valence-corrected chi connectivity index (χ1v) is 16.6. The Morgan fingerprint density at radius 1 is 0.833 bits per heavy atom. The lowest BCUT2D eigenvalue weighted by Crippen LogP contribution is -2.22. The maximum atomic E-state index is 9.96. The highest BCUT2D eigenvalue weighted by atomic mass is 35.5. The summed E-state index contributed by atoms with van der Waals surface area (Å²) < 4.78 is 1.95. The van der Waals surface area contributed by atoms with Crippen LogP contribution in [0.4, 0.5) is 17.1 Å². The summed E-state index contributed by atoms with van der Waals surface area (Å²) in [6, 6.07) is 37.5. The van der Waals surface area contributed by atoms with E-state index in [4.69, 9.17) is 11.6 Å². The number of pyridine rings is 2. The van der Waals surface area contributed by atoms with Crippen LogP contribution in [0.2, 0.25) is 5.02 Å². The normalized spacial score (nSPS) is 10.9. The zero-order valence-corrected chi connectivity index (χ0v) is 27.7. The zero-order chi connectivity index (χ0) is 32.9. The molecule has 3 heterocycles. The molecular weight excluding hydrogens is 634 g/mol. The minimum absolute atomic E-state index is 0.454. The number of aryl methyl sites for hydroxylation is 1. The number of nitrogens with zero attached hydrogens (tertiary/aromatic N) is 6. The van der Waals surface area contributed by atoms with Crippen molar-refractivity contribution in [3.05, 3.63) is 156 Å². The first kappa shape index (κ1) is 31.0. The van der Waals surface area contributed by atoms with Crippen molar-refractivity contribution >= 4 is 51.3 Å². The molecule has 48 heavy (non-hydrogen) atoms. The zero-order valence-electron chi connectivity index (χ0n) is 26.1. The SMILES string of the molecule is Cn1ccnc1Sc1ccc(Nc2c(C#N)cnc3cc(-c4cccc(CN(Cc5ccncc5)c5ccccc5)c4)ccc23)cc1Cl. The van der Waals surface area contributed by atoms with Crippen LogP contribution in [-0.2, 0) is 20.1 Å². The lowest BCUT2D eigenvalue weighted by molar-refractivity contribution is 0.790. The van der Waals surface area contributed by atoms with Gasteiger partial charge in [0.2, 0.25) is 0 Å². The lowest BCUT2D eigenvalue weighted by Gasteiger charge is -2.25. The molecule has 7 rings (SSSR count). The minimum Gasteiger partial charge on any atom is -0.363 e. The van der Waals surface area contributed by atoms with E-state index in [0.29, 0.717) is 16.3 Å². The number of anilines is 3. The van der Waals surface area contributed by atoms with Crippen LogP contribution in [0, 0.1) is 11.3 Å². The quantitative estimate of drug-likeness (QED) is 0.156. The van der Waals surface area contributed by atoms with E-state index in [9.17, 15) is 5.26 Å². The summed E-state index contributed by atoms with van der Waals surface area (Å²) in [6.07, 6.45) is 8.95. The topological polar surface area (TPSA) is 82.7 Å². The number of nitriles is 1. The van der Waals surface area contributed by atoms with E-state index < -0.39 is 0 Å². The van der Waals surface area contributed by atoms with Crippen LogP contribution in [0.3, 0.4) is 0 Å². The number of fused-ring (bicyclic) bond motifs is 1. The summed E-state index contributed by atoms with van der Waals surface area (Å²) in [5.41, 5.74) is 8.41. The fraction of sp³-hybridized carbons (Fsp3) is 0.0769. The van der Waals surface area contributed by atoms with Crippen molar-refractivity contribution in [2.45, 2.75) is 23.1 Å². The van der Waals surface area contributed by atoms with Gasteiger partial charge in [-0.15, -0.1) is 0 Å². The van der Waals surface area contributed by atoms with Crippen molar-refractivity contribution in [2.75, 3.05) is 10.2 Å². The highest BCUT2D eigenvalue weighted by Crippen LogP contribution is 2.37. The van der Waals surface area contributed by atoms with Crippen molar-refractivity contribution < 1.29 is 0 Å². The molecule has 234 valence electrons. The molecule has 0 radical (unpaired) electrons. The Bertz CT molecular complexity index is 2250. The van der Waals surface area contributed by atoms with Crippen LogP contribution in [0.5, 0.6) is 0 Å². The summed E-state index contributed by atoms with van der Waals surface area (Å²) in [5, 5.41) is 15.7. The third-order valence-electron chi connectivity index (χ3n) is 8.05. The van der Waals surface area contributed by atoms with E-state index in [-0.39, 0.29) is 0 Å². The molecular formula is C39H30ClN7S. The number of rotatable bonds is 10. The van der Waals surface area contributed by atoms with Crippen LogP contribution < -0.4 is 10.2 Å². The molecule has 3 aromatic heterocycles. The van der Waals surface area contributed by atoms with Crippen molar-refractivity contribution in [3.63, 3.8) is 0 Å². The highest BCUT2D eigenvalue weighted by molar-refractivity contribution is 7.99. The van der Waals surface area contributed by atoms with Gasteiger partial charge in [0.15, 0.2) is 5.16 Å². The molecule has 0 aliphatic heterocycles. The second-order valence-electron chi connectivity index (χ2n) is 11.3. The summed E-state index contributed by atoms with van der Waals surface area (Å²) >= 11 is 8.18. The number of hydrogen-bond acceptors (Lipinski definition) is 7. The number of hydrogen-bond donors (Lipinski definition) is 1. The van der Waals surface area contributed by atoms with E-state index in [2.05, 4.69) is 104 Å². The number of imidazole rings is 1. The molecule has 7 nitrogen and oxygen atoms in total. The Morgan fingerprint density at radius 2 is 1.65 bits per heavy atom. The summed E-state index contributed by atoms with van der Waals surface area (Å²) in [6.45, 7) is 1.51. The Hall–Kier alpha value is -5.62. The van der Waals surface area contributed by atoms with E-state index in [1.54, 1.807) is 12.4 Å². The number of para-hydroxylation sites is 1. The fourth-order valence-corrected chi connectivity index (χ4v) is 6.71. The minimum atomic E-state index is 0.454. The number of halogens is 1. The molecule has 0 atom stereocenters. The van der Waals surface area contributed by atoms with Crippen LogP contribution in [0.25, 0.3) is 22.0 Å². The summed E-state index contributed by atoms with van der Waals surface area (Å²) in [5.74, 6) is 0. The molecule has 0 aliphatic rings. The van der Waals surface area contributed by atoms with Crippen LogP contribution >= 0.6 is 23.4 Å². The predicted molar refractivity (Wildman–Crippen MR) is 195 cm³/mol. The molecule has 0 bridgehead atoms. The highest BCUT2D eigenvalue weighted by Gasteiger charge is 2.14.